The van der Waals surface area contributed by atoms with Crippen LogP contribution in [-0.4, -0.2) is 17.5 Å². The van der Waals surface area contributed by atoms with Gasteiger partial charge >= 0.3 is 6.03 Å². The average molecular weight is 294 g/mol. The van der Waals surface area contributed by atoms with Crippen LogP contribution in [0.25, 0.3) is 0 Å². The second-order valence-electron chi connectivity index (χ2n) is 5.24. The van der Waals surface area contributed by atoms with Gasteiger partial charge in [-0.3, -0.25) is 0 Å². The Bertz CT molecular complexity index is 595. The van der Waals surface area contributed by atoms with Crippen molar-refractivity contribution >= 4 is 6.03 Å². The van der Waals surface area contributed by atoms with Crippen LogP contribution in [0.1, 0.15) is 24.1 Å². The lowest BCUT2D eigenvalue weighted by atomic mass is 10.1. The Morgan fingerprint density at radius 3 is 2.32 bits per heavy atom. The van der Waals surface area contributed by atoms with Gasteiger partial charge in [-0.05, 0) is 18.1 Å². The molecule has 0 heterocycles. The van der Waals surface area contributed by atoms with Crippen LogP contribution >= 0.6 is 0 Å². The summed E-state index contributed by atoms with van der Waals surface area (Å²) in [6, 6.07) is 19.8. The summed E-state index contributed by atoms with van der Waals surface area (Å²) < 4.78 is 0. The highest BCUT2D eigenvalue weighted by molar-refractivity contribution is 5.74. The molecule has 2 rings (SSSR count). The molecule has 1 atom stereocenters. The van der Waals surface area contributed by atoms with Gasteiger partial charge in [0.1, 0.15) is 0 Å². The number of hydrogen-bond donors (Lipinski definition) is 1. The van der Waals surface area contributed by atoms with Gasteiger partial charge in [0.15, 0.2) is 0 Å². The van der Waals surface area contributed by atoms with Gasteiger partial charge in [-0.15, -0.1) is 6.58 Å². The van der Waals surface area contributed by atoms with Crippen molar-refractivity contribution in [2.45, 2.75) is 19.5 Å². The van der Waals surface area contributed by atoms with E-state index in [0.29, 0.717) is 13.1 Å². The summed E-state index contributed by atoms with van der Waals surface area (Å²) in [6.45, 7) is 6.81. The van der Waals surface area contributed by atoms with E-state index in [1.54, 1.807) is 11.0 Å². The highest BCUT2D eigenvalue weighted by Gasteiger charge is 2.15. The van der Waals surface area contributed by atoms with Gasteiger partial charge in [-0.25, -0.2) is 4.79 Å². The maximum Gasteiger partial charge on any atom is 0.318 e. The molecule has 3 nitrogen and oxygen atoms in total. The number of amides is 2. The molecule has 1 unspecified atom stereocenters. The van der Waals surface area contributed by atoms with Crippen LogP contribution in [0.4, 0.5) is 4.79 Å². The smallest absolute Gasteiger partial charge is 0.318 e. The maximum absolute atomic E-state index is 12.5. The van der Waals surface area contributed by atoms with Crippen molar-refractivity contribution in [2.75, 3.05) is 6.54 Å². The summed E-state index contributed by atoms with van der Waals surface area (Å²) in [5, 5.41) is 3.04. The normalized spacial score (nSPS) is 11.5. The zero-order valence-corrected chi connectivity index (χ0v) is 12.9. The Balaban J connectivity index is 2.01. The van der Waals surface area contributed by atoms with E-state index >= 15 is 0 Å². The van der Waals surface area contributed by atoms with E-state index in [9.17, 15) is 4.79 Å². The van der Waals surface area contributed by atoms with Crippen molar-refractivity contribution < 1.29 is 4.79 Å². The largest absolute Gasteiger partial charge is 0.331 e. The molecule has 0 fully saturated rings. The second-order valence-corrected chi connectivity index (χ2v) is 5.24. The molecule has 0 spiro atoms. The molecule has 1 N–H and O–H groups in total. The molecule has 3 heteroatoms. The first-order chi connectivity index (χ1) is 10.7. The van der Waals surface area contributed by atoms with Crippen molar-refractivity contribution in [3.8, 4) is 0 Å². The van der Waals surface area contributed by atoms with Gasteiger partial charge in [-0.2, -0.15) is 0 Å². The maximum atomic E-state index is 12.5. The third kappa shape index (κ3) is 4.48. The summed E-state index contributed by atoms with van der Waals surface area (Å²) in [4.78, 5) is 14.2. The van der Waals surface area contributed by atoms with Gasteiger partial charge < -0.3 is 10.2 Å². The van der Waals surface area contributed by atoms with Crippen LogP contribution in [0, 0.1) is 0 Å². The number of benzene rings is 2. The second kappa shape index (κ2) is 8.03. The minimum absolute atomic E-state index is 0.0308. The van der Waals surface area contributed by atoms with E-state index in [2.05, 4.69) is 11.9 Å². The first-order valence-electron chi connectivity index (χ1n) is 7.46. The molecule has 0 aromatic heterocycles. The van der Waals surface area contributed by atoms with E-state index in [1.165, 1.54) is 0 Å². The topological polar surface area (TPSA) is 32.3 Å². The summed E-state index contributed by atoms with van der Waals surface area (Å²) >= 11 is 0. The van der Waals surface area contributed by atoms with Crippen molar-refractivity contribution in [3.05, 3.63) is 84.4 Å². The fraction of sp³-hybridized carbons (Fsp3) is 0.211. The van der Waals surface area contributed by atoms with Gasteiger partial charge in [0, 0.05) is 13.1 Å². The average Bonchev–Trinajstić information content (AvgIpc) is 2.56. The summed E-state index contributed by atoms with van der Waals surface area (Å²) in [5.41, 5.74) is 2.20. The van der Waals surface area contributed by atoms with Crippen LogP contribution in [-0.2, 0) is 6.54 Å². The first kappa shape index (κ1) is 15.8. The number of nitrogens with zero attached hydrogens (tertiary/aromatic N) is 1. The number of urea groups is 1. The highest BCUT2D eigenvalue weighted by Crippen LogP contribution is 2.12. The van der Waals surface area contributed by atoms with Crippen molar-refractivity contribution in [1.82, 2.24) is 10.2 Å². The van der Waals surface area contributed by atoms with Gasteiger partial charge in [0.2, 0.25) is 0 Å². The zero-order valence-electron chi connectivity index (χ0n) is 12.9. The molecular formula is C19H22N2O. The lowest BCUT2D eigenvalue weighted by molar-refractivity contribution is 0.197. The fourth-order valence-corrected chi connectivity index (χ4v) is 2.28. The molecule has 0 bridgehead atoms. The molecule has 2 aromatic carbocycles. The lowest BCUT2D eigenvalue weighted by Crippen LogP contribution is -2.40. The van der Waals surface area contributed by atoms with E-state index in [-0.39, 0.29) is 12.1 Å². The van der Waals surface area contributed by atoms with Crippen LogP contribution in [0.2, 0.25) is 0 Å². The Kier molecular flexibility index (Phi) is 5.78. The number of carbonyl (C=O) groups is 1. The number of hydrogen-bond acceptors (Lipinski definition) is 1. The number of rotatable bonds is 6. The summed E-state index contributed by atoms with van der Waals surface area (Å²) in [5.74, 6) is 0. The third-order valence-electron chi connectivity index (χ3n) is 3.49. The Hall–Kier alpha value is -2.55. The molecule has 0 aliphatic rings. The summed E-state index contributed by atoms with van der Waals surface area (Å²) in [7, 11) is 0. The van der Waals surface area contributed by atoms with Crippen LogP contribution in [0.15, 0.2) is 73.3 Å². The van der Waals surface area contributed by atoms with Crippen LogP contribution < -0.4 is 5.32 Å². The standard InChI is InChI=1S/C19H22N2O/c1-3-14-21(15-17-10-6-4-7-11-17)19(22)20-16(2)18-12-8-5-9-13-18/h3-13,16H,1,14-15H2,2H3,(H,20,22). The number of carbonyl (C=O) groups excluding carboxylic acids is 1. The van der Waals surface area contributed by atoms with Crippen LogP contribution in [0.3, 0.4) is 0 Å². The quantitative estimate of drug-likeness (QED) is 0.798. The van der Waals surface area contributed by atoms with Crippen molar-refractivity contribution in [1.29, 1.82) is 0 Å². The van der Waals surface area contributed by atoms with E-state index < -0.39 is 0 Å². The molecule has 2 aromatic rings. The van der Waals surface area contributed by atoms with Gasteiger partial charge in [0.05, 0.1) is 6.04 Å². The Morgan fingerprint density at radius 2 is 1.73 bits per heavy atom. The molecule has 22 heavy (non-hydrogen) atoms. The predicted octanol–water partition coefficient (Wildman–Crippen LogP) is 4.15. The molecule has 114 valence electrons. The Labute approximate surface area is 132 Å². The first-order valence-corrected chi connectivity index (χ1v) is 7.46. The SMILES string of the molecule is C=CCN(Cc1ccccc1)C(=O)NC(C)c1ccccc1. The molecule has 0 radical (unpaired) electrons. The molecule has 0 aliphatic heterocycles. The fourth-order valence-electron chi connectivity index (χ4n) is 2.28. The van der Waals surface area contributed by atoms with Crippen molar-refractivity contribution in [2.24, 2.45) is 0 Å². The number of nitrogens with one attached hydrogen (secondary N) is 1. The molecule has 0 saturated carbocycles. The van der Waals surface area contributed by atoms with Gasteiger partial charge in [0.25, 0.3) is 0 Å². The molecule has 2 amide bonds. The zero-order chi connectivity index (χ0) is 15.8. The molecular weight excluding hydrogens is 272 g/mol. The van der Waals surface area contributed by atoms with Crippen LogP contribution in [0.5, 0.6) is 0 Å². The third-order valence-corrected chi connectivity index (χ3v) is 3.49. The molecule has 0 saturated heterocycles. The van der Waals surface area contributed by atoms with E-state index in [4.69, 9.17) is 0 Å². The van der Waals surface area contributed by atoms with Gasteiger partial charge in [-0.1, -0.05) is 66.7 Å². The Morgan fingerprint density at radius 1 is 1.14 bits per heavy atom. The predicted molar refractivity (Wildman–Crippen MR) is 90.4 cm³/mol. The van der Waals surface area contributed by atoms with E-state index in [1.807, 2.05) is 67.6 Å². The highest BCUT2D eigenvalue weighted by atomic mass is 16.2. The lowest BCUT2D eigenvalue weighted by Gasteiger charge is -2.24. The monoisotopic (exact) mass is 294 g/mol. The molecule has 0 aliphatic carbocycles. The van der Waals surface area contributed by atoms with E-state index in [0.717, 1.165) is 11.1 Å². The van der Waals surface area contributed by atoms with Crippen molar-refractivity contribution in [3.63, 3.8) is 0 Å². The minimum Gasteiger partial charge on any atom is -0.331 e. The minimum atomic E-state index is -0.0832. The summed E-state index contributed by atoms with van der Waals surface area (Å²) in [6.07, 6.45) is 1.75.